The van der Waals surface area contributed by atoms with E-state index in [0.29, 0.717) is 39.2 Å². The number of aromatic nitrogens is 3. The monoisotopic (exact) mass is 474 g/mol. The van der Waals surface area contributed by atoms with Crippen molar-refractivity contribution in [3.8, 4) is 34.1 Å². The van der Waals surface area contributed by atoms with Gasteiger partial charge in [-0.3, -0.25) is 9.78 Å². The van der Waals surface area contributed by atoms with Gasteiger partial charge in [-0.15, -0.1) is 10.2 Å². The molecule has 34 heavy (non-hydrogen) atoms. The molecule has 4 aromatic rings. The highest BCUT2D eigenvalue weighted by molar-refractivity contribution is 6.31. The number of rotatable bonds is 7. The fourth-order valence-electron chi connectivity index (χ4n) is 3.55. The summed E-state index contributed by atoms with van der Waals surface area (Å²) in [5.74, 6) is 0.910. The number of carbonyl (C=O) groups is 1. The van der Waals surface area contributed by atoms with Gasteiger partial charge in [0.15, 0.2) is 11.5 Å². The van der Waals surface area contributed by atoms with Gasteiger partial charge < -0.3 is 14.8 Å². The predicted octanol–water partition coefficient (Wildman–Crippen LogP) is 5.11. The fourth-order valence-corrected chi connectivity index (χ4v) is 3.84. The van der Waals surface area contributed by atoms with Crippen molar-refractivity contribution in [2.24, 2.45) is 0 Å². The first-order chi connectivity index (χ1) is 16.5. The lowest BCUT2D eigenvalue weighted by atomic mass is 10.0. The van der Waals surface area contributed by atoms with Crippen molar-refractivity contribution < 1.29 is 14.3 Å². The van der Waals surface area contributed by atoms with Crippen molar-refractivity contribution in [2.45, 2.75) is 13.5 Å². The van der Waals surface area contributed by atoms with Crippen molar-refractivity contribution in [3.05, 3.63) is 88.6 Å². The largest absolute Gasteiger partial charge is 0.493 e. The average Bonchev–Trinajstić information content (AvgIpc) is 2.86. The zero-order valence-corrected chi connectivity index (χ0v) is 19.8. The maximum atomic E-state index is 13.3. The summed E-state index contributed by atoms with van der Waals surface area (Å²) in [5.41, 5.74) is 4.48. The average molecular weight is 475 g/mol. The maximum Gasteiger partial charge on any atom is 0.253 e. The first-order valence-electron chi connectivity index (χ1n) is 10.5. The molecule has 8 heteroatoms. The van der Waals surface area contributed by atoms with E-state index in [2.05, 4.69) is 20.5 Å². The molecule has 172 valence electrons. The van der Waals surface area contributed by atoms with Crippen LogP contribution in [0.2, 0.25) is 5.02 Å². The molecule has 2 aromatic heterocycles. The van der Waals surface area contributed by atoms with Crippen molar-refractivity contribution in [1.29, 1.82) is 0 Å². The van der Waals surface area contributed by atoms with Crippen molar-refractivity contribution in [3.63, 3.8) is 0 Å². The van der Waals surface area contributed by atoms with Crippen LogP contribution in [0.4, 0.5) is 0 Å². The molecule has 0 radical (unpaired) electrons. The highest BCUT2D eigenvalue weighted by Crippen LogP contribution is 2.29. The van der Waals surface area contributed by atoms with Crippen LogP contribution in [0.15, 0.2) is 66.9 Å². The second-order valence-corrected chi connectivity index (χ2v) is 8.03. The molecule has 7 nitrogen and oxygen atoms in total. The van der Waals surface area contributed by atoms with E-state index in [1.807, 2.05) is 37.3 Å². The summed E-state index contributed by atoms with van der Waals surface area (Å²) < 4.78 is 10.6. The molecule has 0 aliphatic rings. The lowest BCUT2D eigenvalue weighted by Gasteiger charge is -2.12. The number of pyridine rings is 1. The molecule has 2 heterocycles. The Labute approximate surface area is 202 Å². The standard InChI is InChI=1S/C26H23ClN4O3/c1-16-10-18(13-19(27)11-16)22-14-20(25(31-30-22)21-6-4-5-9-28-21)26(32)29-15-17-7-8-23(33-2)24(12-17)34-3/h4-14H,15H2,1-3H3,(H,29,32). The molecule has 4 rings (SSSR count). The molecule has 0 spiro atoms. The minimum Gasteiger partial charge on any atom is -0.493 e. The normalized spacial score (nSPS) is 10.6. The molecule has 0 saturated heterocycles. The van der Waals surface area contributed by atoms with E-state index in [1.165, 1.54) is 0 Å². The molecule has 0 fully saturated rings. The lowest BCUT2D eigenvalue weighted by Crippen LogP contribution is -2.24. The zero-order chi connectivity index (χ0) is 24.1. The summed E-state index contributed by atoms with van der Waals surface area (Å²) in [6.07, 6.45) is 1.65. The molecular weight excluding hydrogens is 452 g/mol. The van der Waals surface area contributed by atoms with Crippen LogP contribution in [0.25, 0.3) is 22.6 Å². The molecule has 0 atom stereocenters. The zero-order valence-electron chi connectivity index (χ0n) is 19.0. The number of hydrogen-bond donors (Lipinski definition) is 1. The maximum absolute atomic E-state index is 13.3. The van der Waals surface area contributed by atoms with Gasteiger partial charge in [0.05, 0.1) is 31.2 Å². The van der Waals surface area contributed by atoms with Gasteiger partial charge in [0.2, 0.25) is 0 Å². The number of aryl methyl sites for hydroxylation is 1. The van der Waals surface area contributed by atoms with Crippen molar-refractivity contribution in [1.82, 2.24) is 20.5 Å². The van der Waals surface area contributed by atoms with Crippen LogP contribution in [-0.4, -0.2) is 35.3 Å². The first kappa shape index (κ1) is 23.2. The van der Waals surface area contributed by atoms with Crippen LogP contribution in [-0.2, 0) is 6.54 Å². The Bertz CT molecular complexity index is 1310. The van der Waals surface area contributed by atoms with E-state index >= 15 is 0 Å². The highest BCUT2D eigenvalue weighted by atomic mass is 35.5. The van der Waals surface area contributed by atoms with E-state index in [9.17, 15) is 4.79 Å². The summed E-state index contributed by atoms with van der Waals surface area (Å²) >= 11 is 6.24. The molecule has 1 N–H and O–H groups in total. The molecule has 1 amide bonds. The molecule has 2 aromatic carbocycles. The molecule has 0 saturated carbocycles. The number of carbonyl (C=O) groups excluding carboxylic acids is 1. The Morgan fingerprint density at radius 2 is 1.76 bits per heavy atom. The van der Waals surface area contributed by atoms with Crippen molar-refractivity contribution in [2.75, 3.05) is 14.2 Å². The number of nitrogens with one attached hydrogen (secondary N) is 1. The van der Waals surface area contributed by atoms with Gasteiger partial charge in [0.25, 0.3) is 5.91 Å². The van der Waals surface area contributed by atoms with E-state index in [0.717, 1.165) is 16.7 Å². The van der Waals surface area contributed by atoms with Gasteiger partial charge in [-0.25, -0.2) is 0 Å². The van der Waals surface area contributed by atoms with Crippen LogP contribution in [0.3, 0.4) is 0 Å². The van der Waals surface area contributed by atoms with Gasteiger partial charge in [-0.1, -0.05) is 23.7 Å². The Morgan fingerprint density at radius 1 is 0.941 bits per heavy atom. The van der Waals surface area contributed by atoms with Gasteiger partial charge >= 0.3 is 0 Å². The Morgan fingerprint density at radius 3 is 2.47 bits per heavy atom. The molecule has 0 bridgehead atoms. The third-order valence-electron chi connectivity index (χ3n) is 5.18. The van der Waals surface area contributed by atoms with E-state index in [-0.39, 0.29) is 12.5 Å². The topological polar surface area (TPSA) is 86.2 Å². The Balaban J connectivity index is 1.68. The Hall–Kier alpha value is -3.97. The SMILES string of the molecule is COc1ccc(CNC(=O)c2cc(-c3cc(C)cc(Cl)c3)nnc2-c2ccccn2)cc1OC. The molecule has 0 aliphatic carbocycles. The van der Waals surface area contributed by atoms with Crippen LogP contribution in [0, 0.1) is 6.92 Å². The number of amides is 1. The summed E-state index contributed by atoms with van der Waals surface area (Å²) in [6.45, 7) is 2.23. The quantitative estimate of drug-likeness (QED) is 0.400. The third-order valence-corrected chi connectivity index (χ3v) is 5.40. The van der Waals surface area contributed by atoms with E-state index < -0.39 is 0 Å². The minimum atomic E-state index is -0.301. The van der Waals surface area contributed by atoms with Crippen LogP contribution in [0.5, 0.6) is 11.5 Å². The van der Waals surface area contributed by atoms with Crippen LogP contribution < -0.4 is 14.8 Å². The first-order valence-corrected chi connectivity index (χ1v) is 10.9. The van der Waals surface area contributed by atoms with Gasteiger partial charge in [-0.2, -0.15) is 0 Å². The molecule has 0 aliphatic heterocycles. The second-order valence-electron chi connectivity index (χ2n) is 7.60. The minimum absolute atomic E-state index is 0.286. The number of halogens is 1. The van der Waals surface area contributed by atoms with E-state index in [1.54, 1.807) is 50.7 Å². The Kier molecular flexibility index (Phi) is 7.04. The summed E-state index contributed by atoms with van der Waals surface area (Å²) in [6, 6.07) is 18.2. The van der Waals surface area contributed by atoms with E-state index in [4.69, 9.17) is 21.1 Å². The van der Waals surface area contributed by atoms with Crippen LogP contribution >= 0.6 is 11.6 Å². The number of nitrogens with zero attached hydrogens (tertiary/aromatic N) is 3. The fraction of sp³-hybridized carbons (Fsp3) is 0.154. The summed E-state index contributed by atoms with van der Waals surface area (Å²) in [5, 5.41) is 12.3. The number of ether oxygens (including phenoxy) is 2. The van der Waals surface area contributed by atoms with Gasteiger partial charge in [0.1, 0.15) is 5.69 Å². The molecule has 0 unspecified atom stereocenters. The second kappa shape index (κ2) is 10.3. The summed E-state index contributed by atoms with van der Waals surface area (Å²) in [7, 11) is 3.15. The smallest absolute Gasteiger partial charge is 0.253 e. The van der Waals surface area contributed by atoms with Crippen LogP contribution in [0.1, 0.15) is 21.5 Å². The predicted molar refractivity (Wildman–Crippen MR) is 131 cm³/mol. The molecular formula is C26H23ClN4O3. The number of benzene rings is 2. The van der Waals surface area contributed by atoms with Gasteiger partial charge in [0, 0.05) is 23.3 Å². The van der Waals surface area contributed by atoms with Crippen molar-refractivity contribution >= 4 is 17.5 Å². The highest BCUT2D eigenvalue weighted by Gasteiger charge is 2.18. The lowest BCUT2D eigenvalue weighted by molar-refractivity contribution is 0.0951. The summed E-state index contributed by atoms with van der Waals surface area (Å²) in [4.78, 5) is 17.7. The third kappa shape index (κ3) is 5.15. The number of methoxy groups -OCH3 is 2. The number of hydrogen-bond acceptors (Lipinski definition) is 6. The van der Waals surface area contributed by atoms with Gasteiger partial charge in [-0.05, 0) is 66.6 Å².